The Morgan fingerprint density at radius 1 is 1.22 bits per heavy atom. The lowest BCUT2D eigenvalue weighted by atomic mass is 10.1. The van der Waals surface area contributed by atoms with E-state index in [0.29, 0.717) is 12.3 Å². The summed E-state index contributed by atoms with van der Waals surface area (Å²) in [6, 6.07) is 1.29. The molecule has 0 radical (unpaired) electrons. The molecule has 2 rings (SSSR count). The molecule has 0 unspecified atom stereocenters. The molecule has 0 aromatic rings. The SMILES string of the molecule is CCCCCCC(=O)N1CCN(C2=N[C@@H](CC)[C@H](C)O2)C[C@H]1C. The largest absolute Gasteiger partial charge is 0.460 e. The van der Waals surface area contributed by atoms with Crippen LogP contribution < -0.4 is 0 Å². The molecule has 1 amide bonds. The Kier molecular flexibility index (Phi) is 6.72. The van der Waals surface area contributed by atoms with Crippen LogP contribution in [0.3, 0.4) is 0 Å². The third-order valence-electron chi connectivity index (χ3n) is 4.99. The van der Waals surface area contributed by atoms with Gasteiger partial charge in [-0.1, -0.05) is 33.1 Å². The molecule has 0 aliphatic carbocycles. The molecule has 2 aliphatic rings. The maximum absolute atomic E-state index is 12.4. The van der Waals surface area contributed by atoms with Crippen LogP contribution in [0.25, 0.3) is 0 Å². The lowest BCUT2D eigenvalue weighted by Gasteiger charge is -2.40. The van der Waals surface area contributed by atoms with Crippen LogP contribution in [0.15, 0.2) is 4.99 Å². The molecule has 0 bridgehead atoms. The Labute approximate surface area is 141 Å². The normalized spacial score (nSPS) is 27.8. The molecule has 23 heavy (non-hydrogen) atoms. The quantitative estimate of drug-likeness (QED) is 0.706. The van der Waals surface area contributed by atoms with Gasteiger partial charge in [0.2, 0.25) is 5.91 Å². The predicted octanol–water partition coefficient (Wildman–Crippen LogP) is 3.04. The van der Waals surface area contributed by atoms with Crippen LogP contribution in [0.5, 0.6) is 0 Å². The second-order valence-electron chi connectivity index (χ2n) is 6.90. The second kappa shape index (κ2) is 8.55. The van der Waals surface area contributed by atoms with Crippen LogP contribution in [-0.4, -0.2) is 59.6 Å². The van der Waals surface area contributed by atoms with Crippen molar-refractivity contribution in [3.63, 3.8) is 0 Å². The third-order valence-corrected chi connectivity index (χ3v) is 4.99. The number of amidine groups is 1. The van der Waals surface area contributed by atoms with Crippen molar-refractivity contribution in [2.45, 2.75) is 84.4 Å². The van der Waals surface area contributed by atoms with Crippen molar-refractivity contribution >= 4 is 11.9 Å². The number of unbranched alkanes of at least 4 members (excludes halogenated alkanes) is 3. The number of rotatable bonds is 6. The van der Waals surface area contributed by atoms with Gasteiger partial charge in [-0.15, -0.1) is 0 Å². The van der Waals surface area contributed by atoms with E-state index in [1.54, 1.807) is 0 Å². The molecule has 5 heteroatoms. The number of nitrogens with zero attached hydrogens (tertiary/aromatic N) is 3. The lowest BCUT2D eigenvalue weighted by molar-refractivity contribution is -0.135. The van der Waals surface area contributed by atoms with Crippen molar-refractivity contribution in [1.29, 1.82) is 0 Å². The van der Waals surface area contributed by atoms with E-state index in [1.165, 1.54) is 12.8 Å². The second-order valence-corrected chi connectivity index (χ2v) is 6.90. The zero-order valence-electron chi connectivity index (χ0n) is 15.3. The summed E-state index contributed by atoms with van der Waals surface area (Å²) in [5, 5.41) is 0. The van der Waals surface area contributed by atoms with Gasteiger partial charge in [0.1, 0.15) is 6.10 Å². The highest BCUT2D eigenvalue weighted by Gasteiger charge is 2.34. The maximum atomic E-state index is 12.4. The Morgan fingerprint density at radius 3 is 2.61 bits per heavy atom. The van der Waals surface area contributed by atoms with Crippen LogP contribution in [0.1, 0.15) is 66.2 Å². The van der Waals surface area contributed by atoms with E-state index >= 15 is 0 Å². The highest BCUT2D eigenvalue weighted by atomic mass is 16.5. The fourth-order valence-electron chi connectivity index (χ4n) is 3.45. The van der Waals surface area contributed by atoms with Crippen LogP contribution in [0.2, 0.25) is 0 Å². The Hall–Kier alpha value is -1.26. The van der Waals surface area contributed by atoms with E-state index in [2.05, 4.69) is 32.6 Å². The molecule has 2 heterocycles. The first kappa shape index (κ1) is 18.1. The topological polar surface area (TPSA) is 45.1 Å². The van der Waals surface area contributed by atoms with Gasteiger partial charge in [-0.3, -0.25) is 4.79 Å². The molecule has 0 aromatic carbocycles. The van der Waals surface area contributed by atoms with E-state index in [0.717, 1.165) is 44.9 Å². The summed E-state index contributed by atoms with van der Waals surface area (Å²) in [7, 11) is 0. The van der Waals surface area contributed by atoms with Gasteiger partial charge in [-0.25, -0.2) is 4.99 Å². The highest BCUT2D eigenvalue weighted by Crippen LogP contribution is 2.21. The zero-order valence-corrected chi connectivity index (χ0v) is 15.3. The number of carbonyl (C=O) groups is 1. The first-order valence-corrected chi connectivity index (χ1v) is 9.35. The summed E-state index contributed by atoms with van der Waals surface area (Å²) in [5.41, 5.74) is 0. The maximum Gasteiger partial charge on any atom is 0.288 e. The molecule has 3 atom stereocenters. The summed E-state index contributed by atoms with van der Waals surface area (Å²) in [5.74, 6) is 0.308. The zero-order chi connectivity index (χ0) is 16.8. The van der Waals surface area contributed by atoms with Gasteiger partial charge >= 0.3 is 0 Å². The molecule has 5 nitrogen and oxygen atoms in total. The minimum atomic E-state index is 0.170. The van der Waals surface area contributed by atoms with E-state index in [-0.39, 0.29) is 18.2 Å². The monoisotopic (exact) mass is 323 g/mol. The van der Waals surface area contributed by atoms with Crippen LogP contribution >= 0.6 is 0 Å². The molecule has 1 fully saturated rings. The van der Waals surface area contributed by atoms with Gasteiger partial charge in [0, 0.05) is 32.1 Å². The Balaban J connectivity index is 1.82. The molecule has 0 spiro atoms. The summed E-state index contributed by atoms with van der Waals surface area (Å²) in [4.78, 5) is 21.3. The standard InChI is InChI=1S/C18H33N3O2/c1-5-7-8-9-10-17(22)21-12-11-20(13-14(21)3)18-19-16(6-2)15(4)23-18/h14-16H,5-13H2,1-4H3/t14-,15+,16+/m1/s1. The molecule has 1 saturated heterocycles. The van der Waals surface area contributed by atoms with Crippen molar-refractivity contribution in [2.75, 3.05) is 19.6 Å². The minimum absolute atomic E-state index is 0.170. The Bertz CT molecular complexity index is 424. The van der Waals surface area contributed by atoms with Gasteiger partial charge in [-0.05, 0) is 26.7 Å². The minimum Gasteiger partial charge on any atom is -0.460 e. The first-order chi connectivity index (χ1) is 11.1. The molecule has 2 aliphatic heterocycles. The molecule has 0 aromatic heterocycles. The van der Waals surface area contributed by atoms with Gasteiger partial charge in [-0.2, -0.15) is 0 Å². The van der Waals surface area contributed by atoms with Crippen molar-refractivity contribution < 1.29 is 9.53 Å². The van der Waals surface area contributed by atoms with E-state index in [4.69, 9.17) is 9.73 Å². The van der Waals surface area contributed by atoms with Gasteiger partial charge in [0.25, 0.3) is 6.02 Å². The number of aliphatic imine (C=N–C) groups is 1. The average Bonchev–Trinajstić information content (AvgIpc) is 2.92. The number of ether oxygens (including phenoxy) is 1. The number of hydrogen-bond donors (Lipinski definition) is 0. The third kappa shape index (κ3) is 4.61. The fourth-order valence-corrected chi connectivity index (χ4v) is 3.45. The lowest BCUT2D eigenvalue weighted by Crippen LogP contribution is -2.55. The van der Waals surface area contributed by atoms with Gasteiger partial charge in [0.15, 0.2) is 0 Å². The smallest absolute Gasteiger partial charge is 0.288 e. The number of amides is 1. The van der Waals surface area contributed by atoms with E-state index in [9.17, 15) is 4.79 Å². The van der Waals surface area contributed by atoms with Crippen molar-refractivity contribution in [1.82, 2.24) is 9.80 Å². The predicted molar refractivity (Wildman–Crippen MR) is 93.6 cm³/mol. The summed E-state index contributed by atoms with van der Waals surface area (Å²) >= 11 is 0. The molecular formula is C18H33N3O2. The van der Waals surface area contributed by atoms with Crippen molar-refractivity contribution in [2.24, 2.45) is 4.99 Å². The summed E-state index contributed by atoms with van der Waals surface area (Å²) < 4.78 is 5.91. The molecule has 0 N–H and O–H groups in total. The number of carbonyl (C=O) groups excluding carboxylic acids is 1. The number of piperazine rings is 1. The van der Waals surface area contributed by atoms with E-state index < -0.39 is 0 Å². The molecule has 132 valence electrons. The fraction of sp³-hybridized carbons (Fsp3) is 0.889. The molecular weight excluding hydrogens is 290 g/mol. The Morgan fingerprint density at radius 2 is 2.00 bits per heavy atom. The van der Waals surface area contributed by atoms with Crippen LogP contribution in [0, 0.1) is 0 Å². The summed E-state index contributed by atoms with van der Waals surface area (Å²) in [6.45, 7) is 11.0. The highest BCUT2D eigenvalue weighted by molar-refractivity contribution is 5.78. The number of hydrogen-bond acceptors (Lipinski definition) is 4. The average molecular weight is 323 g/mol. The van der Waals surface area contributed by atoms with Crippen LogP contribution in [0.4, 0.5) is 0 Å². The van der Waals surface area contributed by atoms with Crippen molar-refractivity contribution in [3.8, 4) is 0 Å². The van der Waals surface area contributed by atoms with Crippen LogP contribution in [-0.2, 0) is 9.53 Å². The molecule has 0 saturated carbocycles. The summed E-state index contributed by atoms with van der Waals surface area (Å²) in [6.07, 6.45) is 6.49. The van der Waals surface area contributed by atoms with Gasteiger partial charge < -0.3 is 14.5 Å². The van der Waals surface area contributed by atoms with Crippen molar-refractivity contribution in [3.05, 3.63) is 0 Å². The van der Waals surface area contributed by atoms with E-state index in [1.807, 2.05) is 4.90 Å². The first-order valence-electron chi connectivity index (χ1n) is 9.35. The van der Waals surface area contributed by atoms with Gasteiger partial charge in [0.05, 0.1) is 6.04 Å².